The second kappa shape index (κ2) is 4.14. The van der Waals surface area contributed by atoms with E-state index in [-0.39, 0.29) is 12.8 Å². The molecule has 1 heterocycles. The molecule has 15 heavy (non-hydrogen) atoms. The maximum Gasteiger partial charge on any atom is 0.437 e. The summed E-state index contributed by atoms with van der Waals surface area (Å²) in [6, 6.07) is 9.48. The molecule has 1 aliphatic heterocycles. The molecular weight excluding hydrogens is 194 g/mol. The number of nitrogens with zero attached hydrogens (tertiary/aromatic N) is 1. The fraction of sp³-hybridized carbons (Fsp3) is 0.182. The van der Waals surface area contributed by atoms with Gasteiger partial charge in [0.1, 0.15) is 6.61 Å². The van der Waals surface area contributed by atoms with E-state index in [0.717, 1.165) is 5.56 Å². The molecule has 0 unspecified atom stereocenters. The predicted molar refractivity (Wildman–Crippen MR) is 53.7 cm³/mol. The first-order chi connectivity index (χ1) is 7.33. The zero-order valence-corrected chi connectivity index (χ0v) is 8.13. The molecular formula is C11H11NO3. The Balaban J connectivity index is 1.91. The van der Waals surface area contributed by atoms with Crippen LogP contribution >= 0.6 is 0 Å². The van der Waals surface area contributed by atoms with Crippen LogP contribution in [0, 0.1) is 0 Å². The topological polar surface area (TPSA) is 41.8 Å². The highest BCUT2D eigenvalue weighted by molar-refractivity contribution is 5.68. The van der Waals surface area contributed by atoms with Gasteiger partial charge in [-0.05, 0) is 0 Å². The molecule has 0 radical (unpaired) electrons. The van der Waals surface area contributed by atoms with Gasteiger partial charge in [-0.3, -0.25) is 0 Å². The van der Waals surface area contributed by atoms with Gasteiger partial charge in [0.05, 0.1) is 0 Å². The molecule has 2 rings (SSSR count). The largest absolute Gasteiger partial charge is 0.444 e. The van der Waals surface area contributed by atoms with Crippen molar-refractivity contribution in [3.05, 3.63) is 48.6 Å². The van der Waals surface area contributed by atoms with Crippen molar-refractivity contribution in [2.45, 2.75) is 6.23 Å². The van der Waals surface area contributed by atoms with E-state index in [9.17, 15) is 4.79 Å². The summed E-state index contributed by atoms with van der Waals surface area (Å²) in [6.07, 6.45) is 0.728. The number of carbonyl (C=O) groups excluding carboxylic acids is 1. The van der Waals surface area contributed by atoms with Gasteiger partial charge >= 0.3 is 6.09 Å². The van der Waals surface area contributed by atoms with E-state index in [1.54, 1.807) is 0 Å². The highest BCUT2D eigenvalue weighted by Gasteiger charge is 2.43. The Kier molecular flexibility index (Phi) is 2.69. The number of hydroxylamine groups is 2. The molecule has 4 heteroatoms. The Morgan fingerprint density at radius 3 is 2.93 bits per heavy atom. The van der Waals surface area contributed by atoms with Crippen LogP contribution in [-0.2, 0) is 9.57 Å². The normalized spacial score (nSPS) is 18.4. The van der Waals surface area contributed by atoms with E-state index in [1.165, 1.54) is 11.1 Å². The molecule has 1 aromatic carbocycles. The monoisotopic (exact) mass is 205 g/mol. The first kappa shape index (κ1) is 9.73. The van der Waals surface area contributed by atoms with Crippen LogP contribution in [0.2, 0.25) is 0 Å². The Morgan fingerprint density at radius 1 is 1.53 bits per heavy atom. The van der Waals surface area contributed by atoms with Gasteiger partial charge in [0.15, 0.2) is 0 Å². The number of hydrogen-bond donors (Lipinski definition) is 0. The van der Waals surface area contributed by atoms with Crippen LogP contribution in [0.4, 0.5) is 4.79 Å². The summed E-state index contributed by atoms with van der Waals surface area (Å²) in [7, 11) is 0. The molecule has 0 N–H and O–H groups in total. The summed E-state index contributed by atoms with van der Waals surface area (Å²) in [5, 5.41) is 1.19. The zero-order valence-electron chi connectivity index (χ0n) is 8.13. The zero-order chi connectivity index (χ0) is 10.7. The average Bonchev–Trinajstić information content (AvgIpc) is 3.07. The van der Waals surface area contributed by atoms with Crippen LogP contribution in [0.25, 0.3) is 0 Å². The third kappa shape index (κ3) is 2.16. The highest BCUT2D eigenvalue weighted by Crippen LogP contribution is 2.37. The average molecular weight is 205 g/mol. The number of hydrogen-bond acceptors (Lipinski definition) is 3. The number of rotatable bonds is 3. The lowest BCUT2D eigenvalue weighted by Gasteiger charge is -1.99. The van der Waals surface area contributed by atoms with Crippen molar-refractivity contribution < 1.29 is 14.4 Å². The van der Waals surface area contributed by atoms with Crippen molar-refractivity contribution in [3.8, 4) is 0 Å². The van der Waals surface area contributed by atoms with Crippen molar-refractivity contribution in [1.29, 1.82) is 0 Å². The smallest absolute Gasteiger partial charge is 0.437 e. The third-order valence-electron chi connectivity index (χ3n) is 1.97. The van der Waals surface area contributed by atoms with Crippen LogP contribution in [0.5, 0.6) is 0 Å². The summed E-state index contributed by atoms with van der Waals surface area (Å²) in [4.78, 5) is 16.4. The maximum absolute atomic E-state index is 11.3. The SMILES string of the molecule is C=CCOC(=O)N1O[C@@H]1c1ccccc1. The summed E-state index contributed by atoms with van der Waals surface area (Å²) < 4.78 is 4.81. The molecule has 0 spiro atoms. The van der Waals surface area contributed by atoms with Crippen molar-refractivity contribution in [1.82, 2.24) is 5.06 Å². The molecule has 1 amide bonds. The maximum atomic E-state index is 11.3. The van der Waals surface area contributed by atoms with Crippen molar-refractivity contribution in [3.63, 3.8) is 0 Å². The van der Waals surface area contributed by atoms with Gasteiger partial charge in [-0.25, -0.2) is 9.63 Å². The molecule has 1 saturated heterocycles. The second-order valence-electron chi connectivity index (χ2n) is 3.06. The minimum absolute atomic E-state index is 0.195. The van der Waals surface area contributed by atoms with Crippen LogP contribution < -0.4 is 0 Å². The molecule has 0 saturated carbocycles. The number of amides is 1. The molecule has 1 aliphatic rings. The van der Waals surface area contributed by atoms with Crippen LogP contribution in [0.3, 0.4) is 0 Å². The molecule has 0 bridgehead atoms. The second-order valence-corrected chi connectivity index (χ2v) is 3.06. The van der Waals surface area contributed by atoms with E-state index >= 15 is 0 Å². The molecule has 1 fully saturated rings. The third-order valence-corrected chi connectivity index (χ3v) is 1.97. The summed E-state index contributed by atoms with van der Waals surface area (Å²) in [5.41, 5.74) is 0.938. The lowest BCUT2D eigenvalue weighted by molar-refractivity contribution is 0.101. The fourth-order valence-corrected chi connectivity index (χ4v) is 1.23. The van der Waals surface area contributed by atoms with Crippen LogP contribution in [0.1, 0.15) is 11.8 Å². The summed E-state index contributed by atoms with van der Waals surface area (Å²) in [6.45, 7) is 3.65. The Labute approximate surface area is 87.7 Å². The van der Waals surface area contributed by atoms with Gasteiger partial charge < -0.3 is 4.74 Å². The molecule has 1 atom stereocenters. The first-order valence-electron chi connectivity index (χ1n) is 4.61. The quantitative estimate of drug-likeness (QED) is 0.561. The summed E-state index contributed by atoms with van der Waals surface area (Å²) in [5.74, 6) is 0. The predicted octanol–water partition coefficient (Wildman–Crippen LogP) is 2.25. The number of ether oxygens (including phenoxy) is 1. The Hall–Kier alpha value is -1.81. The molecule has 78 valence electrons. The van der Waals surface area contributed by atoms with Gasteiger partial charge in [-0.15, -0.1) is 5.06 Å². The lowest BCUT2D eigenvalue weighted by atomic mass is 10.2. The fourth-order valence-electron chi connectivity index (χ4n) is 1.23. The lowest BCUT2D eigenvalue weighted by Crippen LogP contribution is -2.12. The van der Waals surface area contributed by atoms with E-state index < -0.39 is 6.09 Å². The van der Waals surface area contributed by atoms with Crippen molar-refractivity contribution in [2.24, 2.45) is 0 Å². The van der Waals surface area contributed by atoms with Gasteiger partial charge in [-0.2, -0.15) is 0 Å². The minimum Gasteiger partial charge on any atom is -0.444 e. The number of carbonyl (C=O) groups is 1. The Morgan fingerprint density at radius 2 is 2.27 bits per heavy atom. The van der Waals surface area contributed by atoms with Gasteiger partial charge in [0.2, 0.25) is 6.23 Å². The number of benzene rings is 1. The van der Waals surface area contributed by atoms with E-state index in [4.69, 9.17) is 9.57 Å². The van der Waals surface area contributed by atoms with E-state index in [2.05, 4.69) is 6.58 Å². The molecule has 1 aromatic rings. The van der Waals surface area contributed by atoms with E-state index in [1.807, 2.05) is 30.3 Å². The van der Waals surface area contributed by atoms with Crippen LogP contribution in [-0.4, -0.2) is 17.8 Å². The van der Waals surface area contributed by atoms with Crippen molar-refractivity contribution in [2.75, 3.05) is 6.61 Å². The minimum atomic E-state index is -0.483. The first-order valence-corrected chi connectivity index (χ1v) is 4.61. The molecule has 0 aromatic heterocycles. The standard InChI is InChI=1S/C11H11NO3/c1-2-8-14-11(13)12-10(15-12)9-6-4-3-5-7-9/h2-7,10H,1,8H2/t10-,12?/m1/s1. The van der Waals surface area contributed by atoms with E-state index in [0.29, 0.717) is 0 Å². The van der Waals surface area contributed by atoms with Crippen LogP contribution in [0.15, 0.2) is 43.0 Å². The van der Waals surface area contributed by atoms with Crippen molar-refractivity contribution >= 4 is 6.09 Å². The Bertz CT molecular complexity index is 363. The molecule has 0 aliphatic carbocycles. The van der Waals surface area contributed by atoms with Gasteiger partial charge in [0, 0.05) is 5.56 Å². The van der Waals surface area contributed by atoms with Gasteiger partial charge in [0.25, 0.3) is 0 Å². The van der Waals surface area contributed by atoms with Gasteiger partial charge in [-0.1, -0.05) is 43.0 Å². The molecule has 4 nitrogen and oxygen atoms in total. The summed E-state index contributed by atoms with van der Waals surface area (Å²) >= 11 is 0. The highest BCUT2D eigenvalue weighted by atomic mass is 16.9.